The molecule has 0 saturated carbocycles. The summed E-state index contributed by atoms with van der Waals surface area (Å²) in [6.07, 6.45) is 1.26. The lowest BCUT2D eigenvalue weighted by molar-refractivity contribution is 0.117. The highest BCUT2D eigenvalue weighted by Gasteiger charge is 2.29. The Balaban J connectivity index is 2.07. The maximum absolute atomic E-state index is 5.45. The zero-order chi connectivity index (χ0) is 14.3. The SMILES string of the molecule is COC1CNC(c2nc3cc(Br)ccc3n2C(C)C)C1. The van der Waals surface area contributed by atoms with Gasteiger partial charge in [-0.15, -0.1) is 0 Å². The number of ether oxygens (including phenoxy) is 1. The first-order chi connectivity index (χ1) is 9.60. The predicted octanol–water partition coefficient (Wildman–Crippen LogP) is 3.43. The van der Waals surface area contributed by atoms with E-state index in [0.29, 0.717) is 6.04 Å². The molecule has 1 aromatic carbocycles. The van der Waals surface area contributed by atoms with Crippen molar-refractivity contribution in [1.82, 2.24) is 14.9 Å². The van der Waals surface area contributed by atoms with Crippen molar-refractivity contribution in [2.24, 2.45) is 0 Å². The molecule has 3 rings (SSSR count). The fraction of sp³-hybridized carbons (Fsp3) is 0.533. The lowest BCUT2D eigenvalue weighted by atomic mass is 10.2. The molecular formula is C15H20BrN3O. The molecule has 1 N–H and O–H groups in total. The third-order valence-electron chi connectivity index (χ3n) is 3.93. The third-order valence-corrected chi connectivity index (χ3v) is 4.42. The van der Waals surface area contributed by atoms with Crippen LogP contribution in [-0.2, 0) is 4.74 Å². The third kappa shape index (κ3) is 2.38. The zero-order valence-corrected chi connectivity index (χ0v) is 13.6. The summed E-state index contributed by atoms with van der Waals surface area (Å²) in [5, 5.41) is 3.52. The van der Waals surface area contributed by atoms with E-state index in [1.165, 1.54) is 5.52 Å². The largest absolute Gasteiger partial charge is 0.380 e. The van der Waals surface area contributed by atoms with Crippen LogP contribution in [0.1, 0.15) is 38.2 Å². The molecule has 1 aliphatic rings. The van der Waals surface area contributed by atoms with Gasteiger partial charge >= 0.3 is 0 Å². The van der Waals surface area contributed by atoms with Crippen LogP contribution in [0.5, 0.6) is 0 Å². The molecule has 1 aromatic heterocycles. The van der Waals surface area contributed by atoms with Crippen LogP contribution in [0.25, 0.3) is 11.0 Å². The molecule has 108 valence electrons. The van der Waals surface area contributed by atoms with Crippen LogP contribution in [0.3, 0.4) is 0 Å². The molecular weight excluding hydrogens is 318 g/mol. The summed E-state index contributed by atoms with van der Waals surface area (Å²) in [7, 11) is 1.78. The standard InChI is InChI=1S/C15H20BrN3O/c1-9(2)19-14-5-4-10(16)6-12(14)18-15(19)13-7-11(20-3)8-17-13/h4-6,9,11,13,17H,7-8H2,1-3H3. The van der Waals surface area contributed by atoms with Crippen molar-refractivity contribution >= 4 is 27.0 Å². The van der Waals surface area contributed by atoms with Gasteiger partial charge in [-0.1, -0.05) is 15.9 Å². The van der Waals surface area contributed by atoms with Crippen molar-refractivity contribution in [3.63, 3.8) is 0 Å². The van der Waals surface area contributed by atoms with Crippen LogP contribution in [0.4, 0.5) is 0 Å². The monoisotopic (exact) mass is 337 g/mol. The van der Waals surface area contributed by atoms with Crippen LogP contribution in [-0.4, -0.2) is 29.3 Å². The van der Waals surface area contributed by atoms with Gasteiger partial charge in [0.15, 0.2) is 0 Å². The molecule has 0 amide bonds. The van der Waals surface area contributed by atoms with Gasteiger partial charge in [0.2, 0.25) is 0 Å². The van der Waals surface area contributed by atoms with Crippen LogP contribution >= 0.6 is 15.9 Å². The first-order valence-electron chi connectivity index (χ1n) is 7.03. The van der Waals surface area contributed by atoms with E-state index in [1.54, 1.807) is 7.11 Å². The minimum absolute atomic E-state index is 0.272. The molecule has 20 heavy (non-hydrogen) atoms. The predicted molar refractivity (Wildman–Crippen MR) is 84.0 cm³/mol. The number of fused-ring (bicyclic) bond motifs is 1. The van der Waals surface area contributed by atoms with E-state index in [1.807, 2.05) is 0 Å². The Hall–Kier alpha value is -0.910. The molecule has 4 nitrogen and oxygen atoms in total. The summed E-state index contributed by atoms with van der Waals surface area (Å²) in [5.41, 5.74) is 2.24. The number of methoxy groups -OCH3 is 1. The van der Waals surface area contributed by atoms with Crippen LogP contribution in [0.15, 0.2) is 22.7 Å². The summed E-state index contributed by atoms with van der Waals surface area (Å²) in [6, 6.07) is 6.96. The highest BCUT2D eigenvalue weighted by atomic mass is 79.9. The lowest BCUT2D eigenvalue weighted by Crippen LogP contribution is -2.19. The van der Waals surface area contributed by atoms with E-state index in [0.717, 1.165) is 28.8 Å². The Morgan fingerprint density at radius 2 is 2.25 bits per heavy atom. The maximum atomic E-state index is 5.45. The number of aromatic nitrogens is 2. The second kappa shape index (κ2) is 5.47. The van der Waals surface area contributed by atoms with Crippen LogP contribution < -0.4 is 5.32 Å². The average Bonchev–Trinajstić information content (AvgIpc) is 3.01. The van der Waals surface area contributed by atoms with Crippen molar-refractivity contribution in [3.8, 4) is 0 Å². The van der Waals surface area contributed by atoms with Crippen molar-refractivity contribution in [2.45, 2.75) is 38.5 Å². The minimum Gasteiger partial charge on any atom is -0.380 e. The van der Waals surface area contributed by atoms with Crippen molar-refractivity contribution in [1.29, 1.82) is 0 Å². The van der Waals surface area contributed by atoms with Gasteiger partial charge in [0.25, 0.3) is 0 Å². The fourth-order valence-corrected chi connectivity index (χ4v) is 3.31. The molecule has 0 aliphatic carbocycles. The molecule has 1 aliphatic heterocycles. The molecule has 2 atom stereocenters. The van der Waals surface area contributed by atoms with E-state index in [-0.39, 0.29) is 12.1 Å². The minimum atomic E-state index is 0.272. The Bertz CT molecular complexity index is 623. The second-order valence-corrected chi connectivity index (χ2v) is 6.54. The lowest BCUT2D eigenvalue weighted by Gasteiger charge is -2.17. The van der Waals surface area contributed by atoms with Gasteiger partial charge in [0.1, 0.15) is 5.82 Å². The number of nitrogens with one attached hydrogen (secondary N) is 1. The summed E-state index contributed by atoms with van der Waals surface area (Å²) < 4.78 is 8.85. The van der Waals surface area contributed by atoms with Crippen molar-refractivity contribution < 1.29 is 4.74 Å². The summed E-state index contributed by atoms with van der Waals surface area (Å²) in [5.74, 6) is 1.12. The Labute approximate surface area is 127 Å². The first-order valence-corrected chi connectivity index (χ1v) is 7.83. The molecule has 5 heteroatoms. The number of rotatable bonds is 3. The first kappa shape index (κ1) is 14.0. The summed E-state index contributed by atoms with van der Waals surface area (Å²) in [4.78, 5) is 4.86. The second-order valence-electron chi connectivity index (χ2n) is 5.62. The van der Waals surface area contributed by atoms with Crippen molar-refractivity contribution in [2.75, 3.05) is 13.7 Å². The number of benzene rings is 1. The molecule has 1 saturated heterocycles. The van der Waals surface area contributed by atoms with Crippen molar-refractivity contribution in [3.05, 3.63) is 28.5 Å². The van der Waals surface area contributed by atoms with Gasteiger partial charge in [0, 0.05) is 24.2 Å². The van der Waals surface area contributed by atoms with E-state index in [4.69, 9.17) is 9.72 Å². The summed E-state index contributed by atoms with van der Waals surface area (Å²) >= 11 is 3.52. The average molecular weight is 338 g/mol. The van der Waals surface area contributed by atoms with E-state index >= 15 is 0 Å². The molecule has 0 spiro atoms. The normalized spacial score (nSPS) is 23.1. The number of hydrogen-bond acceptors (Lipinski definition) is 3. The van der Waals surface area contributed by atoms with Crippen LogP contribution in [0, 0.1) is 0 Å². The van der Waals surface area contributed by atoms with E-state index < -0.39 is 0 Å². The summed E-state index contributed by atoms with van der Waals surface area (Å²) in [6.45, 7) is 5.30. The van der Waals surface area contributed by atoms with Crippen LogP contribution in [0.2, 0.25) is 0 Å². The van der Waals surface area contributed by atoms with E-state index in [9.17, 15) is 0 Å². The Morgan fingerprint density at radius 1 is 1.45 bits per heavy atom. The molecule has 1 fully saturated rings. The van der Waals surface area contributed by atoms with Gasteiger partial charge in [-0.2, -0.15) is 0 Å². The van der Waals surface area contributed by atoms with Gasteiger partial charge in [-0.25, -0.2) is 4.98 Å². The molecule has 0 bridgehead atoms. The Morgan fingerprint density at radius 3 is 2.90 bits per heavy atom. The molecule has 2 aromatic rings. The number of halogens is 1. The molecule has 0 radical (unpaired) electrons. The van der Waals surface area contributed by atoms with Gasteiger partial charge < -0.3 is 14.6 Å². The maximum Gasteiger partial charge on any atom is 0.127 e. The molecule has 2 heterocycles. The molecule has 2 unspecified atom stereocenters. The van der Waals surface area contributed by atoms with Gasteiger partial charge in [0.05, 0.1) is 23.2 Å². The number of imidazole rings is 1. The Kier molecular flexibility index (Phi) is 3.84. The quantitative estimate of drug-likeness (QED) is 0.932. The van der Waals surface area contributed by atoms with Gasteiger partial charge in [-0.3, -0.25) is 0 Å². The number of nitrogens with zero attached hydrogens (tertiary/aromatic N) is 2. The highest BCUT2D eigenvalue weighted by molar-refractivity contribution is 9.10. The fourth-order valence-electron chi connectivity index (χ4n) is 2.96. The smallest absolute Gasteiger partial charge is 0.127 e. The zero-order valence-electron chi connectivity index (χ0n) is 12.1. The topological polar surface area (TPSA) is 39.1 Å². The number of hydrogen-bond donors (Lipinski definition) is 1. The van der Waals surface area contributed by atoms with E-state index in [2.05, 4.69) is 57.9 Å². The highest BCUT2D eigenvalue weighted by Crippen LogP contribution is 2.31. The van der Waals surface area contributed by atoms with Gasteiger partial charge in [-0.05, 0) is 38.5 Å².